The highest BCUT2D eigenvalue weighted by atomic mass is 35.5. The zero-order valence-corrected chi connectivity index (χ0v) is 12.8. The fourth-order valence-corrected chi connectivity index (χ4v) is 2.62. The number of halogens is 2. The lowest BCUT2D eigenvalue weighted by molar-refractivity contribution is 0.0604. The van der Waals surface area contributed by atoms with Crippen molar-refractivity contribution in [3.05, 3.63) is 51.4 Å². The lowest BCUT2D eigenvalue weighted by Crippen LogP contribution is -2.40. The number of rotatable bonds is 4. The molecular weight excluding hydrogens is 315 g/mol. The van der Waals surface area contributed by atoms with Gasteiger partial charge >= 0.3 is 6.03 Å². The van der Waals surface area contributed by atoms with Crippen molar-refractivity contribution in [1.82, 2.24) is 5.32 Å². The van der Waals surface area contributed by atoms with E-state index in [1.54, 1.807) is 18.4 Å². The summed E-state index contributed by atoms with van der Waals surface area (Å²) in [4.78, 5) is 11.7. The van der Waals surface area contributed by atoms with Crippen molar-refractivity contribution in [2.24, 2.45) is 0 Å². The first kappa shape index (κ1) is 15.8. The zero-order valence-electron chi connectivity index (χ0n) is 11.2. The van der Waals surface area contributed by atoms with Gasteiger partial charge in [0.25, 0.3) is 0 Å². The number of benzene rings is 1. The second kappa shape index (κ2) is 6.43. The van der Waals surface area contributed by atoms with E-state index in [0.717, 1.165) is 6.07 Å². The maximum atomic E-state index is 13.5. The number of thiophene rings is 1. The van der Waals surface area contributed by atoms with Crippen molar-refractivity contribution >= 4 is 34.7 Å². The molecule has 0 bridgehead atoms. The summed E-state index contributed by atoms with van der Waals surface area (Å²) in [6.07, 6.45) is 0. The van der Waals surface area contributed by atoms with Gasteiger partial charge in [0.05, 0.1) is 12.2 Å². The highest BCUT2D eigenvalue weighted by Crippen LogP contribution is 2.22. The lowest BCUT2D eigenvalue weighted by Gasteiger charge is -2.22. The van der Waals surface area contributed by atoms with E-state index in [-0.39, 0.29) is 17.3 Å². The normalized spacial score (nSPS) is 13.5. The van der Waals surface area contributed by atoms with Crippen molar-refractivity contribution < 1.29 is 14.3 Å². The van der Waals surface area contributed by atoms with Crippen LogP contribution in [0.15, 0.2) is 35.0 Å². The molecule has 7 heteroatoms. The smallest absolute Gasteiger partial charge is 0.319 e. The molecule has 1 heterocycles. The number of amides is 2. The van der Waals surface area contributed by atoms with E-state index in [1.165, 1.54) is 23.5 Å². The van der Waals surface area contributed by atoms with Crippen LogP contribution in [0.3, 0.4) is 0 Å². The van der Waals surface area contributed by atoms with E-state index < -0.39 is 17.4 Å². The number of anilines is 1. The van der Waals surface area contributed by atoms with Gasteiger partial charge in [-0.15, -0.1) is 0 Å². The van der Waals surface area contributed by atoms with Gasteiger partial charge in [0.15, 0.2) is 0 Å². The average molecular weight is 329 g/mol. The van der Waals surface area contributed by atoms with Gasteiger partial charge in [-0.3, -0.25) is 0 Å². The van der Waals surface area contributed by atoms with Crippen LogP contribution in [0.25, 0.3) is 0 Å². The van der Waals surface area contributed by atoms with Crippen molar-refractivity contribution in [2.45, 2.75) is 12.5 Å². The number of aliphatic hydroxyl groups is 1. The molecule has 1 atom stereocenters. The quantitative estimate of drug-likeness (QED) is 0.803. The first-order valence-corrected chi connectivity index (χ1v) is 7.45. The molecule has 0 saturated heterocycles. The van der Waals surface area contributed by atoms with Crippen molar-refractivity contribution in [3.8, 4) is 0 Å². The predicted molar refractivity (Wildman–Crippen MR) is 82.3 cm³/mol. The molecule has 0 saturated carbocycles. The van der Waals surface area contributed by atoms with Crippen LogP contribution in [-0.2, 0) is 5.60 Å². The Labute approximate surface area is 130 Å². The number of hydrogen-bond donors (Lipinski definition) is 3. The summed E-state index contributed by atoms with van der Waals surface area (Å²) in [5.41, 5.74) is -0.451. The number of carbonyl (C=O) groups excluding carboxylic acids is 1. The second-order valence-electron chi connectivity index (χ2n) is 4.72. The van der Waals surface area contributed by atoms with Crippen molar-refractivity contribution in [2.75, 3.05) is 11.9 Å². The van der Waals surface area contributed by atoms with Crippen LogP contribution in [0.5, 0.6) is 0 Å². The molecule has 0 aliphatic heterocycles. The summed E-state index contributed by atoms with van der Waals surface area (Å²) in [6.45, 7) is 1.60. The molecular formula is C14H14ClFN2O2S. The molecule has 2 aromatic rings. The summed E-state index contributed by atoms with van der Waals surface area (Å²) < 4.78 is 13.5. The Morgan fingerprint density at radius 2 is 2.24 bits per heavy atom. The summed E-state index contributed by atoms with van der Waals surface area (Å²) >= 11 is 7.09. The third kappa shape index (κ3) is 4.17. The third-order valence-electron chi connectivity index (χ3n) is 2.92. The number of hydrogen-bond acceptors (Lipinski definition) is 3. The van der Waals surface area contributed by atoms with Gasteiger partial charge in [0.2, 0.25) is 0 Å². The van der Waals surface area contributed by atoms with Gasteiger partial charge in [-0.2, -0.15) is 11.3 Å². The predicted octanol–water partition coefficient (Wildman–Crippen LogP) is 3.57. The average Bonchev–Trinajstić information content (AvgIpc) is 2.95. The summed E-state index contributed by atoms with van der Waals surface area (Å²) in [7, 11) is 0. The van der Waals surface area contributed by atoms with Crippen LogP contribution in [0, 0.1) is 5.82 Å². The fourth-order valence-electron chi connectivity index (χ4n) is 1.68. The monoisotopic (exact) mass is 328 g/mol. The first-order valence-electron chi connectivity index (χ1n) is 6.13. The molecule has 1 unspecified atom stereocenters. The van der Waals surface area contributed by atoms with Crippen molar-refractivity contribution in [3.63, 3.8) is 0 Å². The fraction of sp³-hybridized carbons (Fsp3) is 0.214. The van der Waals surface area contributed by atoms with E-state index >= 15 is 0 Å². The van der Waals surface area contributed by atoms with Crippen LogP contribution in [-0.4, -0.2) is 17.7 Å². The van der Waals surface area contributed by atoms with Crippen LogP contribution in [0.4, 0.5) is 14.9 Å². The molecule has 21 heavy (non-hydrogen) atoms. The Morgan fingerprint density at radius 3 is 2.86 bits per heavy atom. The first-order chi connectivity index (χ1) is 9.88. The van der Waals surface area contributed by atoms with E-state index in [4.69, 9.17) is 11.6 Å². The third-order valence-corrected chi connectivity index (χ3v) is 3.83. The van der Waals surface area contributed by atoms with Gasteiger partial charge in [0.1, 0.15) is 11.4 Å². The molecule has 2 rings (SSSR count). The van der Waals surface area contributed by atoms with Crippen LogP contribution in [0.2, 0.25) is 5.02 Å². The molecule has 1 aromatic heterocycles. The van der Waals surface area contributed by atoms with Crippen LogP contribution >= 0.6 is 22.9 Å². The van der Waals surface area contributed by atoms with E-state index in [2.05, 4.69) is 10.6 Å². The highest BCUT2D eigenvalue weighted by Gasteiger charge is 2.24. The number of carbonyl (C=O) groups is 1. The number of nitrogens with one attached hydrogen (secondary N) is 2. The Kier molecular flexibility index (Phi) is 4.82. The highest BCUT2D eigenvalue weighted by molar-refractivity contribution is 7.08. The standard InChI is InChI=1S/C14H14ClFN2O2S/c1-14(20,9-4-5-21-7-9)8-17-13(19)18-12-3-2-10(15)6-11(12)16/h2-7,20H,8H2,1H3,(H2,17,18,19). The lowest BCUT2D eigenvalue weighted by atomic mass is 9.99. The molecule has 112 valence electrons. The van der Waals surface area contributed by atoms with Crippen LogP contribution < -0.4 is 10.6 Å². The minimum Gasteiger partial charge on any atom is -0.384 e. The Hall–Kier alpha value is -1.63. The molecule has 4 nitrogen and oxygen atoms in total. The summed E-state index contributed by atoms with van der Waals surface area (Å²) in [6, 6.07) is 5.13. The van der Waals surface area contributed by atoms with Crippen LogP contribution in [0.1, 0.15) is 12.5 Å². The maximum absolute atomic E-state index is 13.5. The summed E-state index contributed by atoms with van der Waals surface area (Å²) in [5.74, 6) is -0.623. The van der Waals surface area contributed by atoms with Gasteiger partial charge in [-0.1, -0.05) is 11.6 Å². The van der Waals surface area contributed by atoms with Gasteiger partial charge < -0.3 is 15.7 Å². The maximum Gasteiger partial charge on any atom is 0.319 e. The van der Waals surface area contributed by atoms with E-state index in [0.29, 0.717) is 5.56 Å². The van der Waals surface area contributed by atoms with Gasteiger partial charge in [-0.25, -0.2) is 9.18 Å². The molecule has 0 aliphatic rings. The Bertz CT molecular complexity index is 632. The zero-order chi connectivity index (χ0) is 15.5. The van der Waals surface area contributed by atoms with Gasteiger partial charge in [0, 0.05) is 5.02 Å². The minimum atomic E-state index is -1.18. The molecule has 0 radical (unpaired) electrons. The second-order valence-corrected chi connectivity index (χ2v) is 5.93. The summed E-state index contributed by atoms with van der Waals surface area (Å²) in [5, 5.41) is 19.0. The number of urea groups is 1. The molecule has 1 aromatic carbocycles. The molecule has 3 N–H and O–H groups in total. The molecule has 0 spiro atoms. The van der Waals surface area contributed by atoms with Crippen molar-refractivity contribution in [1.29, 1.82) is 0 Å². The SMILES string of the molecule is CC(O)(CNC(=O)Nc1ccc(Cl)cc1F)c1ccsc1. The largest absolute Gasteiger partial charge is 0.384 e. The Balaban J connectivity index is 1.93. The topological polar surface area (TPSA) is 61.4 Å². The molecule has 0 aliphatic carbocycles. The molecule has 0 fully saturated rings. The van der Waals surface area contributed by atoms with E-state index in [1.807, 2.05) is 5.38 Å². The Morgan fingerprint density at radius 1 is 1.48 bits per heavy atom. The molecule has 2 amide bonds. The van der Waals surface area contributed by atoms with E-state index in [9.17, 15) is 14.3 Å². The van der Waals surface area contributed by atoms with Gasteiger partial charge in [-0.05, 0) is 47.5 Å². The minimum absolute atomic E-state index is 0.00474.